The monoisotopic (exact) mass is 222 g/mol. The average molecular weight is 223 g/mol. The maximum Gasteiger partial charge on any atom is 0.238 e. The summed E-state index contributed by atoms with van der Waals surface area (Å²) >= 11 is 5.71. The van der Waals surface area contributed by atoms with Crippen LogP contribution in [0.2, 0.25) is 5.02 Å². The average Bonchev–Trinajstić information content (AvgIpc) is 2.17. The van der Waals surface area contributed by atoms with E-state index in [-0.39, 0.29) is 6.42 Å². The number of hydrogen-bond donors (Lipinski definition) is 1. The standard InChI is InChI=1S/C10H7ClN2O2/c11-8-3-7(6-14)4-9(5-8)13-10(15)1-2-12/h3-6H,1H2,(H,13,15). The minimum Gasteiger partial charge on any atom is -0.325 e. The second-order valence-corrected chi connectivity index (χ2v) is 3.21. The van der Waals surface area contributed by atoms with Crippen LogP contribution in [-0.2, 0) is 4.79 Å². The Bertz CT molecular complexity index is 438. The Morgan fingerprint density at radius 3 is 2.87 bits per heavy atom. The first-order valence-corrected chi connectivity index (χ1v) is 4.46. The van der Waals surface area contributed by atoms with E-state index in [1.165, 1.54) is 18.2 Å². The molecule has 0 radical (unpaired) electrons. The number of aldehydes is 1. The number of benzene rings is 1. The molecule has 1 N–H and O–H groups in total. The summed E-state index contributed by atoms with van der Waals surface area (Å²) in [7, 11) is 0. The summed E-state index contributed by atoms with van der Waals surface area (Å²) in [6.07, 6.45) is 0.398. The number of nitrogens with one attached hydrogen (secondary N) is 1. The van der Waals surface area contributed by atoms with Crippen molar-refractivity contribution in [3.8, 4) is 6.07 Å². The molecule has 1 rings (SSSR count). The molecule has 76 valence electrons. The highest BCUT2D eigenvalue weighted by atomic mass is 35.5. The summed E-state index contributed by atoms with van der Waals surface area (Å²) in [4.78, 5) is 21.6. The molecule has 0 aliphatic rings. The largest absolute Gasteiger partial charge is 0.325 e. The minimum atomic E-state index is -0.434. The zero-order valence-corrected chi connectivity index (χ0v) is 8.41. The van der Waals surface area contributed by atoms with Gasteiger partial charge in [0.25, 0.3) is 0 Å². The quantitative estimate of drug-likeness (QED) is 0.796. The van der Waals surface area contributed by atoms with E-state index < -0.39 is 5.91 Å². The van der Waals surface area contributed by atoms with Gasteiger partial charge in [0.15, 0.2) is 0 Å². The number of nitriles is 1. The van der Waals surface area contributed by atoms with Gasteiger partial charge in [-0.25, -0.2) is 0 Å². The molecule has 0 saturated heterocycles. The van der Waals surface area contributed by atoms with Crippen LogP contribution in [0.5, 0.6) is 0 Å². The number of anilines is 1. The first-order valence-electron chi connectivity index (χ1n) is 4.08. The predicted molar refractivity (Wildman–Crippen MR) is 55.7 cm³/mol. The third kappa shape index (κ3) is 3.41. The van der Waals surface area contributed by atoms with Crippen LogP contribution in [-0.4, -0.2) is 12.2 Å². The molecule has 0 aromatic heterocycles. The van der Waals surface area contributed by atoms with Crippen molar-refractivity contribution in [2.75, 3.05) is 5.32 Å². The molecule has 0 fully saturated rings. The fourth-order valence-electron chi connectivity index (χ4n) is 1.03. The van der Waals surface area contributed by atoms with Crippen LogP contribution in [0, 0.1) is 11.3 Å². The second-order valence-electron chi connectivity index (χ2n) is 2.77. The lowest BCUT2D eigenvalue weighted by molar-refractivity contribution is -0.115. The SMILES string of the molecule is N#CCC(=O)Nc1cc(Cl)cc(C=O)c1. The molecule has 1 amide bonds. The summed E-state index contributed by atoms with van der Waals surface area (Å²) in [6.45, 7) is 0. The molecule has 0 bridgehead atoms. The lowest BCUT2D eigenvalue weighted by atomic mass is 10.2. The highest BCUT2D eigenvalue weighted by Crippen LogP contribution is 2.18. The van der Waals surface area contributed by atoms with Gasteiger partial charge in [0, 0.05) is 16.3 Å². The third-order valence-electron chi connectivity index (χ3n) is 1.58. The Morgan fingerprint density at radius 1 is 1.53 bits per heavy atom. The van der Waals surface area contributed by atoms with E-state index in [2.05, 4.69) is 5.32 Å². The van der Waals surface area contributed by atoms with Gasteiger partial charge < -0.3 is 5.32 Å². The summed E-state index contributed by atoms with van der Waals surface area (Å²) in [6, 6.07) is 6.18. The van der Waals surface area contributed by atoms with Crippen molar-refractivity contribution in [2.45, 2.75) is 6.42 Å². The van der Waals surface area contributed by atoms with Crippen LogP contribution in [0.25, 0.3) is 0 Å². The van der Waals surface area contributed by atoms with E-state index in [0.29, 0.717) is 22.6 Å². The number of amides is 1. The predicted octanol–water partition coefficient (Wildman–Crippen LogP) is 2.00. The molecule has 0 atom stereocenters. The van der Waals surface area contributed by atoms with Crippen molar-refractivity contribution in [3.05, 3.63) is 28.8 Å². The molecule has 0 aliphatic carbocycles. The van der Waals surface area contributed by atoms with E-state index in [1.54, 1.807) is 6.07 Å². The Kier molecular flexibility index (Phi) is 3.83. The van der Waals surface area contributed by atoms with Gasteiger partial charge in [-0.3, -0.25) is 9.59 Å². The fourth-order valence-corrected chi connectivity index (χ4v) is 1.27. The van der Waals surface area contributed by atoms with Gasteiger partial charge in [0.1, 0.15) is 12.7 Å². The van der Waals surface area contributed by atoms with Crippen molar-refractivity contribution in [1.29, 1.82) is 5.26 Å². The molecule has 1 aromatic rings. The topological polar surface area (TPSA) is 70.0 Å². The molecule has 4 nitrogen and oxygen atoms in total. The molecular weight excluding hydrogens is 216 g/mol. The lowest BCUT2D eigenvalue weighted by Gasteiger charge is -2.03. The van der Waals surface area contributed by atoms with Crippen molar-refractivity contribution in [3.63, 3.8) is 0 Å². The molecule has 0 spiro atoms. The van der Waals surface area contributed by atoms with Gasteiger partial charge in [-0.05, 0) is 18.2 Å². The zero-order chi connectivity index (χ0) is 11.3. The molecule has 0 unspecified atom stereocenters. The van der Waals surface area contributed by atoms with Crippen LogP contribution in [0.1, 0.15) is 16.8 Å². The Hall–Kier alpha value is -1.86. The van der Waals surface area contributed by atoms with Gasteiger partial charge in [-0.1, -0.05) is 11.6 Å². The molecule has 15 heavy (non-hydrogen) atoms. The van der Waals surface area contributed by atoms with E-state index in [4.69, 9.17) is 16.9 Å². The maximum atomic E-state index is 11.1. The highest BCUT2D eigenvalue weighted by molar-refractivity contribution is 6.31. The Labute approximate surface area is 91.5 Å². The number of carbonyl (C=O) groups excluding carboxylic acids is 2. The van der Waals surface area contributed by atoms with Gasteiger partial charge >= 0.3 is 0 Å². The Morgan fingerprint density at radius 2 is 2.27 bits per heavy atom. The first-order chi connectivity index (χ1) is 7.15. The van der Waals surface area contributed by atoms with Gasteiger partial charge in [0.2, 0.25) is 5.91 Å². The summed E-state index contributed by atoms with van der Waals surface area (Å²) in [5.74, 6) is -0.434. The molecule has 0 aliphatic heterocycles. The number of halogens is 1. The fraction of sp³-hybridized carbons (Fsp3) is 0.100. The minimum absolute atomic E-state index is 0.233. The molecular formula is C10H7ClN2O2. The van der Waals surface area contributed by atoms with E-state index in [1.807, 2.05) is 0 Å². The van der Waals surface area contributed by atoms with Gasteiger partial charge in [0.05, 0.1) is 6.07 Å². The third-order valence-corrected chi connectivity index (χ3v) is 1.80. The summed E-state index contributed by atoms with van der Waals surface area (Å²) in [5.41, 5.74) is 0.777. The zero-order valence-electron chi connectivity index (χ0n) is 7.66. The number of nitrogens with zero attached hydrogens (tertiary/aromatic N) is 1. The Balaban J connectivity index is 2.86. The molecule has 1 aromatic carbocycles. The normalized spacial score (nSPS) is 9.07. The van der Waals surface area contributed by atoms with E-state index >= 15 is 0 Å². The van der Waals surface area contributed by atoms with Gasteiger partial charge in [-0.15, -0.1) is 0 Å². The van der Waals surface area contributed by atoms with Crippen LogP contribution in [0.3, 0.4) is 0 Å². The van der Waals surface area contributed by atoms with Gasteiger partial charge in [-0.2, -0.15) is 5.26 Å². The summed E-state index contributed by atoms with van der Waals surface area (Å²) in [5, 5.41) is 11.1. The van der Waals surface area contributed by atoms with Crippen LogP contribution in [0.15, 0.2) is 18.2 Å². The number of carbonyl (C=O) groups is 2. The smallest absolute Gasteiger partial charge is 0.238 e. The highest BCUT2D eigenvalue weighted by Gasteiger charge is 2.03. The van der Waals surface area contributed by atoms with Crippen molar-refractivity contribution in [1.82, 2.24) is 0 Å². The second kappa shape index (κ2) is 5.13. The molecule has 5 heteroatoms. The first kappa shape index (κ1) is 11.2. The van der Waals surface area contributed by atoms with Crippen molar-refractivity contribution < 1.29 is 9.59 Å². The molecule has 0 saturated carbocycles. The molecule has 0 heterocycles. The summed E-state index contributed by atoms with van der Waals surface area (Å²) < 4.78 is 0. The van der Waals surface area contributed by atoms with E-state index in [9.17, 15) is 9.59 Å². The van der Waals surface area contributed by atoms with Crippen LogP contribution < -0.4 is 5.32 Å². The van der Waals surface area contributed by atoms with E-state index in [0.717, 1.165) is 0 Å². The van der Waals surface area contributed by atoms with Crippen LogP contribution in [0.4, 0.5) is 5.69 Å². The van der Waals surface area contributed by atoms with Crippen LogP contribution >= 0.6 is 11.6 Å². The maximum absolute atomic E-state index is 11.1. The van der Waals surface area contributed by atoms with Crippen molar-refractivity contribution in [2.24, 2.45) is 0 Å². The number of rotatable bonds is 3. The number of hydrogen-bond acceptors (Lipinski definition) is 3. The lowest BCUT2D eigenvalue weighted by Crippen LogP contribution is -2.10. The van der Waals surface area contributed by atoms with Crippen molar-refractivity contribution >= 4 is 29.5 Å².